The maximum absolute atomic E-state index is 13.2. The lowest BCUT2D eigenvalue weighted by Crippen LogP contribution is -2.43. The van der Waals surface area contributed by atoms with Crippen molar-refractivity contribution >= 4 is 28.9 Å². The Morgan fingerprint density at radius 1 is 1.25 bits per heavy atom. The molecule has 11 heteroatoms. The predicted molar refractivity (Wildman–Crippen MR) is 92.7 cm³/mol. The molecule has 0 saturated carbocycles. The molecule has 0 aliphatic carbocycles. The summed E-state index contributed by atoms with van der Waals surface area (Å²) < 4.78 is 39.6. The Balaban J connectivity index is 2.07. The molecule has 2 aromatic carbocycles. The van der Waals surface area contributed by atoms with Crippen LogP contribution >= 0.6 is 11.6 Å². The topological polar surface area (TPSA) is 96.0 Å². The molecule has 0 saturated heterocycles. The van der Waals surface area contributed by atoms with Crippen LogP contribution in [0.3, 0.4) is 0 Å². The first kappa shape index (κ1) is 19.8. The number of hydrazone groups is 1. The first-order valence-electron chi connectivity index (χ1n) is 7.74. The highest BCUT2D eigenvalue weighted by Gasteiger charge is 2.53. The van der Waals surface area contributed by atoms with Crippen LogP contribution in [0.5, 0.6) is 0 Å². The number of amides is 1. The molecule has 7 nitrogen and oxygen atoms in total. The van der Waals surface area contributed by atoms with Crippen LogP contribution in [-0.4, -0.2) is 32.8 Å². The molecule has 0 spiro atoms. The van der Waals surface area contributed by atoms with Gasteiger partial charge in [-0.15, -0.1) is 0 Å². The number of carbonyl (C=O) groups excluding carboxylic acids is 1. The third kappa shape index (κ3) is 3.56. The highest BCUT2D eigenvalue weighted by Crippen LogP contribution is 2.40. The molecule has 0 bridgehead atoms. The summed E-state index contributed by atoms with van der Waals surface area (Å²) in [4.78, 5) is 22.8. The Morgan fingerprint density at radius 2 is 1.89 bits per heavy atom. The van der Waals surface area contributed by atoms with Crippen LogP contribution in [0, 0.1) is 10.1 Å². The van der Waals surface area contributed by atoms with E-state index in [1.807, 2.05) is 0 Å². The summed E-state index contributed by atoms with van der Waals surface area (Å²) in [5, 5.41) is 25.5. The van der Waals surface area contributed by atoms with Gasteiger partial charge in [0.2, 0.25) is 0 Å². The smallest absolute Gasteiger partial charge is 0.365 e. The van der Waals surface area contributed by atoms with Crippen LogP contribution in [0.1, 0.15) is 22.3 Å². The molecule has 1 aliphatic rings. The molecular formula is C17H11ClF3N3O4. The minimum atomic E-state index is -4.88. The molecule has 1 atom stereocenters. The number of halogens is 4. The Hall–Kier alpha value is -2.98. The van der Waals surface area contributed by atoms with E-state index >= 15 is 0 Å². The molecule has 0 aromatic heterocycles. The van der Waals surface area contributed by atoms with Crippen molar-refractivity contribution < 1.29 is 28.0 Å². The second-order valence-corrected chi connectivity index (χ2v) is 6.41. The van der Waals surface area contributed by atoms with Gasteiger partial charge in [0.25, 0.3) is 11.6 Å². The minimum absolute atomic E-state index is 0.0833. The monoisotopic (exact) mass is 413 g/mol. The number of rotatable bonds is 3. The van der Waals surface area contributed by atoms with Crippen molar-refractivity contribution in [2.24, 2.45) is 5.10 Å². The largest absolute Gasteiger partial charge is 0.431 e. The first-order chi connectivity index (χ1) is 13.0. The molecule has 3 rings (SSSR count). The third-order valence-corrected chi connectivity index (χ3v) is 4.35. The average Bonchev–Trinajstić information content (AvgIpc) is 3.00. The summed E-state index contributed by atoms with van der Waals surface area (Å²) in [5.74, 6) is -1.01. The van der Waals surface area contributed by atoms with Crippen molar-refractivity contribution in [3.8, 4) is 0 Å². The van der Waals surface area contributed by atoms with Gasteiger partial charge in [-0.2, -0.15) is 23.3 Å². The quantitative estimate of drug-likeness (QED) is 0.610. The molecule has 1 heterocycles. The van der Waals surface area contributed by atoms with Crippen LogP contribution in [-0.2, 0) is 5.72 Å². The van der Waals surface area contributed by atoms with E-state index in [1.165, 1.54) is 24.3 Å². The normalized spacial score (nSPS) is 19.5. The zero-order chi connectivity index (χ0) is 20.7. The Morgan fingerprint density at radius 3 is 2.43 bits per heavy atom. The van der Waals surface area contributed by atoms with E-state index in [0.717, 1.165) is 24.3 Å². The lowest BCUT2D eigenvalue weighted by atomic mass is 9.96. The van der Waals surface area contributed by atoms with E-state index in [2.05, 4.69) is 5.10 Å². The van der Waals surface area contributed by atoms with Crippen LogP contribution in [0.15, 0.2) is 53.6 Å². The van der Waals surface area contributed by atoms with Gasteiger partial charge in [-0.25, -0.2) is 0 Å². The lowest BCUT2D eigenvalue weighted by Gasteiger charge is -2.31. The summed E-state index contributed by atoms with van der Waals surface area (Å²) >= 11 is 5.82. The second-order valence-electron chi connectivity index (χ2n) is 5.97. The van der Waals surface area contributed by atoms with Gasteiger partial charge in [-0.05, 0) is 30.3 Å². The number of carbonyl (C=O) groups is 1. The zero-order valence-corrected chi connectivity index (χ0v) is 14.6. The van der Waals surface area contributed by atoms with Gasteiger partial charge in [0.1, 0.15) is 5.71 Å². The Bertz CT molecular complexity index is 978. The number of benzene rings is 2. The SMILES string of the molecule is O=C(c1cccc(Cl)c1)N1N=C(C(F)(F)F)CC1(O)c1ccc([N+](=O)[O-])cc1. The molecule has 1 N–H and O–H groups in total. The van der Waals surface area contributed by atoms with Crippen LogP contribution in [0.25, 0.3) is 0 Å². The highest BCUT2D eigenvalue weighted by molar-refractivity contribution is 6.31. The van der Waals surface area contributed by atoms with Crippen molar-refractivity contribution in [2.75, 3.05) is 0 Å². The van der Waals surface area contributed by atoms with Gasteiger partial charge in [-0.1, -0.05) is 17.7 Å². The van der Waals surface area contributed by atoms with E-state index in [4.69, 9.17) is 11.6 Å². The molecule has 28 heavy (non-hydrogen) atoms. The number of nitro groups is 1. The van der Waals surface area contributed by atoms with Gasteiger partial charge in [0.05, 0.1) is 11.3 Å². The lowest BCUT2D eigenvalue weighted by molar-refractivity contribution is -0.384. The van der Waals surface area contributed by atoms with Crippen molar-refractivity contribution in [1.82, 2.24) is 5.01 Å². The standard InChI is InChI=1S/C17H11ClF3N3O4/c18-12-3-1-2-10(8-12)15(25)23-16(26,9-14(22-23)17(19,20)21)11-4-6-13(7-5-11)24(27)28/h1-8,26H,9H2. The van der Waals surface area contributed by atoms with E-state index in [9.17, 15) is 33.2 Å². The summed E-state index contributed by atoms with van der Waals surface area (Å²) in [6, 6.07) is 9.60. The van der Waals surface area contributed by atoms with E-state index in [1.54, 1.807) is 0 Å². The summed E-state index contributed by atoms with van der Waals surface area (Å²) in [7, 11) is 0. The number of aliphatic hydroxyl groups is 1. The highest BCUT2D eigenvalue weighted by atomic mass is 35.5. The number of hydrogen-bond donors (Lipinski definition) is 1. The summed E-state index contributed by atoms with van der Waals surface area (Å²) in [6.07, 6.45) is -5.90. The number of non-ortho nitro benzene ring substituents is 1. The second kappa shape index (κ2) is 6.88. The molecular weight excluding hydrogens is 403 g/mol. The average molecular weight is 414 g/mol. The van der Waals surface area contributed by atoms with Gasteiger partial charge in [0.15, 0.2) is 5.72 Å². The zero-order valence-electron chi connectivity index (χ0n) is 13.9. The van der Waals surface area contributed by atoms with Gasteiger partial charge >= 0.3 is 6.18 Å². The fourth-order valence-corrected chi connectivity index (χ4v) is 2.93. The summed E-state index contributed by atoms with van der Waals surface area (Å²) in [6.45, 7) is 0. The predicted octanol–water partition coefficient (Wildman–Crippen LogP) is 3.86. The van der Waals surface area contributed by atoms with E-state index in [-0.39, 0.29) is 21.8 Å². The number of hydrogen-bond acceptors (Lipinski definition) is 5. The van der Waals surface area contributed by atoms with Crippen molar-refractivity contribution in [1.29, 1.82) is 0 Å². The molecule has 1 aliphatic heterocycles. The van der Waals surface area contributed by atoms with Crippen molar-refractivity contribution in [2.45, 2.75) is 18.3 Å². The van der Waals surface area contributed by atoms with E-state index < -0.39 is 34.9 Å². The molecule has 0 fully saturated rings. The first-order valence-corrected chi connectivity index (χ1v) is 8.12. The third-order valence-electron chi connectivity index (χ3n) is 4.12. The van der Waals surface area contributed by atoms with Gasteiger partial charge in [-0.3, -0.25) is 14.9 Å². The van der Waals surface area contributed by atoms with Crippen LogP contribution in [0.4, 0.5) is 18.9 Å². The van der Waals surface area contributed by atoms with Gasteiger partial charge in [0, 0.05) is 28.3 Å². The number of alkyl halides is 3. The Labute approximate surface area is 160 Å². The van der Waals surface area contributed by atoms with Crippen molar-refractivity contribution in [3.63, 3.8) is 0 Å². The fourth-order valence-electron chi connectivity index (χ4n) is 2.74. The summed E-state index contributed by atoms with van der Waals surface area (Å²) in [5.41, 5.74) is -4.39. The molecule has 1 unspecified atom stereocenters. The van der Waals surface area contributed by atoms with Gasteiger partial charge < -0.3 is 5.11 Å². The molecule has 1 amide bonds. The maximum Gasteiger partial charge on any atom is 0.431 e. The molecule has 0 radical (unpaired) electrons. The van der Waals surface area contributed by atoms with E-state index in [0.29, 0.717) is 5.01 Å². The molecule has 2 aromatic rings. The molecule has 146 valence electrons. The Kier molecular flexibility index (Phi) is 4.86. The van der Waals surface area contributed by atoms with Crippen molar-refractivity contribution in [3.05, 3.63) is 74.8 Å². The number of nitrogens with zero attached hydrogens (tertiary/aromatic N) is 3. The van der Waals surface area contributed by atoms with Crippen LogP contribution < -0.4 is 0 Å². The minimum Gasteiger partial charge on any atom is -0.365 e. The maximum atomic E-state index is 13.2. The van der Waals surface area contributed by atoms with Crippen LogP contribution in [0.2, 0.25) is 5.02 Å². The fraction of sp³-hybridized carbons (Fsp3) is 0.176. The number of nitro benzene ring substituents is 1.